The van der Waals surface area contributed by atoms with Crippen molar-refractivity contribution >= 4 is 32.7 Å². The molecule has 3 aromatic rings. The summed E-state index contributed by atoms with van der Waals surface area (Å²) in [6.45, 7) is 1.02. The first kappa shape index (κ1) is 22.8. The first-order valence-electron chi connectivity index (χ1n) is 10.4. The molecule has 0 aliphatic carbocycles. The molecule has 31 heavy (non-hydrogen) atoms. The maximum absolute atomic E-state index is 12.9. The number of sulfonamides is 1. The van der Waals surface area contributed by atoms with E-state index in [9.17, 15) is 13.5 Å². The molecule has 3 aromatic carbocycles. The lowest BCUT2D eigenvalue weighted by Gasteiger charge is -2.17. The highest BCUT2D eigenvalue weighted by Gasteiger charge is 2.17. The fraction of sp³-hybridized carbons (Fsp3) is 0.292. The van der Waals surface area contributed by atoms with Gasteiger partial charge in [0, 0.05) is 55.4 Å². The molecule has 0 atom stereocenters. The van der Waals surface area contributed by atoms with E-state index in [0.29, 0.717) is 23.5 Å². The Hall–Kier alpha value is -2.90. The van der Waals surface area contributed by atoms with Gasteiger partial charge in [0.05, 0.1) is 4.90 Å². The van der Waals surface area contributed by atoms with Gasteiger partial charge in [-0.1, -0.05) is 42.8 Å². The van der Waals surface area contributed by atoms with Gasteiger partial charge >= 0.3 is 0 Å². The summed E-state index contributed by atoms with van der Waals surface area (Å²) in [7, 11) is 0.297. The topological polar surface area (TPSA) is 82.0 Å². The molecule has 2 N–H and O–H groups in total. The summed E-state index contributed by atoms with van der Waals surface area (Å²) in [5.74, 6) is 0.215. The van der Waals surface area contributed by atoms with Gasteiger partial charge < -0.3 is 10.0 Å². The van der Waals surface area contributed by atoms with Crippen molar-refractivity contribution in [2.24, 2.45) is 4.99 Å². The van der Waals surface area contributed by atoms with E-state index < -0.39 is 10.0 Å². The fourth-order valence-corrected chi connectivity index (χ4v) is 4.73. The minimum atomic E-state index is -3.59. The van der Waals surface area contributed by atoms with Crippen LogP contribution in [0.2, 0.25) is 0 Å². The number of hydrogen-bond acceptors (Lipinski definition) is 5. The van der Waals surface area contributed by atoms with Crippen LogP contribution in [0, 0.1) is 0 Å². The Balaban J connectivity index is 1.52. The average Bonchev–Trinajstić information content (AvgIpc) is 2.75. The number of para-hydroxylation sites is 1. The van der Waals surface area contributed by atoms with Crippen LogP contribution in [0.4, 0.5) is 5.69 Å². The predicted molar refractivity (Wildman–Crippen MR) is 128 cm³/mol. The van der Waals surface area contributed by atoms with Gasteiger partial charge in [-0.2, -0.15) is 0 Å². The molecule has 0 aliphatic rings. The summed E-state index contributed by atoms with van der Waals surface area (Å²) in [5.41, 5.74) is 1.68. The van der Waals surface area contributed by atoms with E-state index in [4.69, 9.17) is 0 Å². The zero-order chi connectivity index (χ0) is 22.3. The van der Waals surface area contributed by atoms with Gasteiger partial charge in [0.1, 0.15) is 5.75 Å². The molecule has 0 spiro atoms. The van der Waals surface area contributed by atoms with Crippen molar-refractivity contribution in [1.82, 2.24) is 4.72 Å². The highest BCUT2D eigenvalue weighted by Crippen LogP contribution is 2.30. The molecule has 7 heteroatoms. The summed E-state index contributed by atoms with van der Waals surface area (Å²) in [6, 6.07) is 18.1. The molecule has 6 nitrogen and oxygen atoms in total. The number of aliphatic imine (C=N–C) groups is 1. The highest BCUT2D eigenvalue weighted by atomic mass is 32.2. The molecular weight excluding hydrogens is 410 g/mol. The summed E-state index contributed by atoms with van der Waals surface area (Å²) < 4.78 is 28.5. The largest absolute Gasteiger partial charge is 0.507 e. The van der Waals surface area contributed by atoms with Crippen molar-refractivity contribution in [3.8, 4) is 5.75 Å². The van der Waals surface area contributed by atoms with Crippen LogP contribution in [-0.4, -0.2) is 46.9 Å². The third-order valence-electron chi connectivity index (χ3n) is 5.05. The Kier molecular flexibility index (Phi) is 7.65. The lowest BCUT2D eigenvalue weighted by molar-refractivity contribution is 0.474. The fourth-order valence-electron chi connectivity index (χ4n) is 3.44. The monoisotopic (exact) mass is 439 g/mol. The van der Waals surface area contributed by atoms with Crippen molar-refractivity contribution in [2.75, 3.05) is 32.1 Å². The Labute approximate surface area is 184 Å². The third-order valence-corrected chi connectivity index (χ3v) is 6.57. The molecule has 0 saturated carbocycles. The maximum atomic E-state index is 12.9. The zero-order valence-corrected chi connectivity index (χ0v) is 18.8. The number of phenolic OH excluding ortho intramolecular Hbond substituents is 1. The Morgan fingerprint density at radius 2 is 1.68 bits per heavy atom. The van der Waals surface area contributed by atoms with E-state index >= 15 is 0 Å². The van der Waals surface area contributed by atoms with Crippen molar-refractivity contribution in [1.29, 1.82) is 0 Å². The quantitative estimate of drug-likeness (QED) is 0.367. The van der Waals surface area contributed by atoms with Crippen LogP contribution in [0.5, 0.6) is 5.75 Å². The number of nitrogens with zero attached hydrogens (tertiary/aromatic N) is 2. The van der Waals surface area contributed by atoms with E-state index in [1.807, 2.05) is 55.4 Å². The number of nitrogens with one attached hydrogen (secondary N) is 1. The predicted octanol–water partition coefficient (Wildman–Crippen LogP) is 4.18. The second-order valence-corrected chi connectivity index (χ2v) is 9.31. The van der Waals surface area contributed by atoms with E-state index in [1.165, 1.54) is 0 Å². The van der Waals surface area contributed by atoms with Crippen molar-refractivity contribution < 1.29 is 13.5 Å². The van der Waals surface area contributed by atoms with E-state index in [0.717, 1.165) is 35.7 Å². The number of hydrogen-bond donors (Lipinski definition) is 2. The van der Waals surface area contributed by atoms with Crippen LogP contribution >= 0.6 is 0 Å². The number of aromatic hydroxyl groups is 1. The highest BCUT2D eigenvalue weighted by molar-refractivity contribution is 7.89. The number of anilines is 1. The minimum Gasteiger partial charge on any atom is -0.507 e. The van der Waals surface area contributed by atoms with Gasteiger partial charge in [0.15, 0.2) is 0 Å². The van der Waals surface area contributed by atoms with Gasteiger partial charge in [-0.15, -0.1) is 0 Å². The first-order chi connectivity index (χ1) is 14.9. The molecule has 0 heterocycles. The standard InChI is InChI=1S/C24H29N3O3S/c1-27(2)22-13-8-12-21-20(22)11-9-15-24(21)31(29,30)26-17-7-3-6-16-25-18-19-10-4-5-14-23(19)28/h4-5,8-15,18,26,28H,3,6-7,16-17H2,1-2H3. The van der Waals surface area contributed by atoms with E-state index in [-0.39, 0.29) is 5.75 Å². The first-order valence-corrected chi connectivity index (χ1v) is 11.8. The van der Waals surface area contributed by atoms with E-state index in [2.05, 4.69) is 9.71 Å². The van der Waals surface area contributed by atoms with Gasteiger partial charge in [0.2, 0.25) is 10.0 Å². The van der Waals surface area contributed by atoms with Crippen LogP contribution in [-0.2, 0) is 10.0 Å². The molecule has 0 unspecified atom stereocenters. The number of rotatable bonds is 10. The summed E-state index contributed by atoms with van der Waals surface area (Å²) in [6.07, 6.45) is 4.12. The molecule has 0 amide bonds. The minimum absolute atomic E-state index is 0.215. The molecule has 0 bridgehead atoms. The van der Waals surface area contributed by atoms with Gasteiger partial charge in [-0.3, -0.25) is 4.99 Å². The van der Waals surface area contributed by atoms with Crippen LogP contribution in [0.3, 0.4) is 0 Å². The van der Waals surface area contributed by atoms with Crippen molar-refractivity contribution in [3.05, 3.63) is 66.2 Å². The molecule has 164 valence electrons. The lowest BCUT2D eigenvalue weighted by Crippen LogP contribution is -2.25. The molecule has 0 aliphatic heterocycles. The smallest absolute Gasteiger partial charge is 0.241 e. The van der Waals surface area contributed by atoms with Crippen LogP contribution in [0.1, 0.15) is 24.8 Å². The molecule has 0 aromatic heterocycles. The number of unbranched alkanes of at least 4 members (excludes halogenated alkanes) is 2. The van der Waals surface area contributed by atoms with Gasteiger partial charge in [0.25, 0.3) is 0 Å². The van der Waals surface area contributed by atoms with Crippen molar-refractivity contribution in [2.45, 2.75) is 24.2 Å². The molecule has 0 radical (unpaired) electrons. The SMILES string of the molecule is CN(C)c1cccc2c(S(=O)(=O)NCCCCCN=Cc3ccccc3O)cccc12. The summed E-state index contributed by atoms with van der Waals surface area (Å²) >= 11 is 0. The third kappa shape index (κ3) is 5.83. The summed E-state index contributed by atoms with van der Waals surface area (Å²) in [5, 5.41) is 11.3. The second kappa shape index (κ2) is 10.4. The maximum Gasteiger partial charge on any atom is 0.241 e. The van der Waals surface area contributed by atoms with E-state index in [1.54, 1.807) is 30.5 Å². The van der Waals surface area contributed by atoms with Crippen LogP contribution < -0.4 is 9.62 Å². The molecule has 0 fully saturated rings. The normalized spacial score (nSPS) is 11.9. The molecular formula is C24H29N3O3S. The number of fused-ring (bicyclic) bond motifs is 1. The average molecular weight is 440 g/mol. The zero-order valence-electron chi connectivity index (χ0n) is 18.0. The Morgan fingerprint density at radius 3 is 2.45 bits per heavy atom. The number of phenols is 1. The van der Waals surface area contributed by atoms with Crippen molar-refractivity contribution in [3.63, 3.8) is 0 Å². The Bertz CT molecular complexity index is 1160. The van der Waals surface area contributed by atoms with Gasteiger partial charge in [-0.25, -0.2) is 13.1 Å². The van der Waals surface area contributed by atoms with Gasteiger partial charge in [-0.05, 0) is 37.1 Å². The lowest BCUT2D eigenvalue weighted by atomic mass is 10.1. The van der Waals surface area contributed by atoms with Crippen LogP contribution in [0.25, 0.3) is 10.8 Å². The molecule has 3 rings (SSSR count). The van der Waals surface area contributed by atoms with Crippen LogP contribution in [0.15, 0.2) is 70.6 Å². The molecule has 0 saturated heterocycles. The summed E-state index contributed by atoms with van der Waals surface area (Å²) in [4.78, 5) is 6.61. The second-order valence-electron chi connectivity index (χ2n) is 7.58. The number of benzene rings is 3. The Morgan fingerprint density at radius 1 is 0.935 bits per heavy atom.